The first-order valence-electron chi connectivity index (χ1n) is 10.4. The fourth-order valence-electron chi connectivity index (χ4n) is 4.23. The van der Waals surface area contributed by atoms with Crippen LogP contribution in [-0.4, -0.2) is 45.7 Å². The number of likely N-dealkylation sites (tertiary alicyclic amines) is 1. The number of piperidine rings is 1. The Labute approximate surface area is 182 Å². The van der Waals surface area contributed by atoms with Crippen LogP contribution in [-0.2, 0) is 6.54 Å². The van der Waals surface area contributed by atoms with Crippen molar-refractivity contribution in [2.24, 2.45) is 0 Å². The summed E-state index contributed by atoms with van der Waals surface area (Å²) in [5.74, 6) is 1.21. The van der Waals surface area contributed by atoms with Gasteiger partial charge in [-0.3, -0.25) is 9.89 Å². The molecule has 0 spiro atoms. The van der Waals surface area contributed by atoms with Crippen molar-refractivity contribution in [2.45, 2.75) is 32.2 Å². The number of hydrogen-bond acceptors (Lipinski definition) is 4. The van der Waals surface area contributed by atoms with Gasteiger partial charge in [0.05, 0.1) is 11.3 Å². The molecule has 2 heterocycles. The van der Waals surface area contributed by atoms with E-state index in [1.54, 1.807) is 0 Å². The number of H-pyrrole nitrogens is 1. The number of nitrogens with zero attached hydrogens (tertiary/aromatic N) is 4. The Morgan fingerprint density at radius 1 is 1.20 bits per heavy atom. The third kappa shape index (κ3) is 3.89. The number of carbonyl (C=O) groups is 1. The number of aromatic nitrogens is 3. The van der Waals surface area contributed by atoms with E-state index >= 15 is 0 Å². The van der Waals surface area contributed by atoms with Gasteiger partial charge in [0.1, 0.15) is 5.82 Å². The van der Waals surface area contributed by atoms with Crippen molar-refractivity contribution in [3.8, 4) is 0 Å². The Morgan fingerprint density at radius 2 is 1.93 bits per heavy atom. The molecule has 4 rings (SSSR count). The van der Waals surface area contributed by atoms with Gasteiger partial charge in [0.2, 0.25) is 0 Å². The largest absolute Gasteiger partial charge is 0.344 e. The predicted molar refractivity (Wildman–Crippen MR) is 122 cm³/mol. The zero-order valence-corrected chi connectivity index (χ0v) is 18.2. The molecule has 1 aromatic heterocycles. The van der Waals surface area contributed by atoms with Crippen molar-refractivity contribution < 1.29 is 4.79 Å². The van der Waals surface area contributed by atoms with Crippen molar-refractivity contribution in [2.75, 3.05) is 25.0 Å². The Balaban J connectivity index is 1.60. The van der Waals surface area contributed by atoms with E-state index in [-0.39, 0.29) is 11.8 Å². The molecule has 1 fully saturated rings. The van der Waals surface area contributed by atoms with Crippen LogP contribution >= 0.6 is 12.2 Å². The van der Waals surface area contributed by atoms with Gasteiger partial charge in [0.15, 0.2) is 4.77 Å². The van der Waals surface area contributed by atoms with Gasteiger partial charge in [0.25, 0.3) is 5.91 Å². The summed E-state index contributed by atoms with van der Waals surface area (Å²) in [5.41, 5.74) is 2.68. The van der Waals surface area contributed by atoms with Crippen LogP contribution in [0.3, 0.4) is 0 Å². The first-order chi connectivity index (χ1) is 14.6. The molecule has 1 amide bonds. The number of carbonyl (C=O) groups excluding carboxylic acids is 1. The molecule has 7 heteroatoms. The first-order valence-corrected chi connectivity index (χ1v) is 10.8. The smallest absolute Gasteiger partial charge is 0.255 e. The summed E-state index contributed by atoms with van der Waals surface area (Å²) < 4.78 is 2.68. The van der Waals surface area contributed by atoms with Crippen LogP contribution in [0.15, 0.2) is 54.6 Å². The Kier molecular flexibility index (Phi) is 5.99. The lowest BCUT2D eigenvalue weighted by Gasteiger charge is -2.33. The van der Waals surface area contributed by atoms with E-state index in [1.807, 2.05) is 71.1 Å². The second-order valence-electron chi connectivity index (χ2n) is 7.63. The highest BCUT2D eigenvalue weighted by atomic mass is 32.1. The zero-order chi connectivity index (χ0) is 21.1. The summed E-state index contributed by atoms with van der Waals surface area (Å²) in [6.45, 7) is 4.26. The molecule has 156 valence electrons. The molecule has 1 saturated heterocycles. The molecule has 0 saturated carbocycles. The third-order valence-electron chi connectivity index (χ3n) is 5.82. The normalized spacial score (nSPS) is 16.5. The van der Waals surface area contributed by atoms with Crippen LogP contribution in [0.1, 0.15) is 41.9 Å². The average Bonchev–Trinajstić information content (AvgIpc) is 3.19. The lowest BCUT2D eigenvalue weighted by Crippen LogP contribution is -2.40. The number of rotatable bonds is 5. The van der Waals surface area contributed by atoms with Gasteiger partial charge in [-0.2, -0.15) is 5.10 Å². The Hall–Kier alpha value is -2.93. The van der Waals surface area contributed by atoms with Gasteiger partial charge in [-0.1, -0.05) is 30.3 Å². The fraction of sp³-hybridized carbons (Fsp3) is 0.348. The van der Waals surface area contributed by atoms with E-state index in [0.29, 0.717) is 11.3 Å². The minimum absolute atomic E-state index is 0.0651. The SMILES string of the molecule is CCn1c(C2CCCN(C(=O)c3ccccc3N(C)c3ccccc3)C2)n[nH]c1=S. The van der Waals surface area contributed by atoms with Crippen molar-refractivity contribution in [3.05, 3.63) is 70.8 Å². The second kappa shape index (κ2) is 8.83. The standard InChI is InChI=1S/C23H27N5OS/c1-3-28-21(24-25-23(28)30)17-10-9-15-27(16-17)22(29)19-13-7-8-14-20(19)26(2)18-11-5-4-6-12-18/h4-8,11-14,17H,3,9-10,15-16H2,1-2H3,(H,25,30). The highest BCUT2D eigenvalue weighted by Gasteiger charge is 2.29. The van der Waals surface area contributed by atoms with Crippen LogP contribution in [0.5, 0.6) is 0 Å². The van der Waals surface area contributed by atoms with Crippen LogP contribution < -0.4 is 4.90 Å². The summed E-state index contributed by atoms with van der Waals surface area (Å²) in [5, 5.41) is 7.37. The Bertz CT molecular complexity index is 1070. The first kappa shape index (κ1) is 20.3. The monoisotopic (exact) mass is 421 g/mol. The zero-order valence-electron chi connectivity index (χ0n) is 17.4. The van der Waals surface area contributed by atoms with Gasteiger partial charge in [0, 0.05) is 38.3 Å². The van der Waals surface area contributed by atoms with Crippen LogP contribution in [0, 0.1) is 4.77 Å². The number of benzene rings is 2. The minimum Gasteiger partial charge on any atom is -0.344 e. The number of anilines is 2. The molecular formula is C23H27N5OS. The summed E-state index contributed by atoms with van der Waals surface area (Å²) in [7, 11) is 2.00. The van der Waals surface area contributed by atoms with E-state index in [1.165, 1.54) is 0 Å². The van der Waals surface area contributed by atoms with Gasteiger partial charge in [-0.15, -0.1) is 0 Å². The van der Waals surface area contributed by atoms with Gasteiger partial charge in [-0.05, 0) is 56.2 Å². The maximum Gasteiger partial charge on any atom is 0.255 e. The van der Waals surface area contributed by atoms with E-state index in [2.05, 4.69) is 22.0 Å². The maximum atomic E-state index is 13.5. The van der Waals surface area contributed by atoms with Gasteiger partial charge in [-0.25, -0.2) is 0 Å². The fourth-order valence-corrected chi connectivity index (χ4v) is 4.50. The van der Waals surface area contributed by atoms with E-state index in [0.717, 1.165) is 48.7 Å². The van der Waals surface area contributed by atoms with Crippen LogP contribution in [0.2, 0.25) is 0 Å². The number of amides is 1. The van der Waals surface area contributed by atoms with Crippen molar-refractivity contribution >= 4 is 29.5 Å². The van der Waals surface area contributed by atoms with E-state index in [9.17, 15) is 4.79 Å². The lowest BCUT2D eigenvalue weighted by molar-refractivity contribution is 0.0704. The molecule has 2 aromatic carbocycles. The Morgan fingerprint density at radius 3 is 2.70 bits per heavy atom. The van der Waals surface area contributed by atoms with Gasteiger partial charge < -0.3 is 14.4 Å². The molecule has 1 aliphatic heterocycles. The molecule has 3 aromatic rings. The lowest BCUT2D eigenvalue weighted by atomic mass is 9.96. The quantitative estimate of drug-likeness (QED) is 0.604. The van der Waals surface area contributed by atoms with Crippen molar-refractivity contribution in [1.82, 2.24) is 19.7 Å². The third-order valence-corrected chi connectivity index (χ3v) is 6.13. The predicted octanol–water partition coefficient (Wildman–Crippen LogP) is 4.75. The van der Waals surface area contributed by atoms with Crippen LogP contribution in [0.25, 0.3) is 0 Å². The average molecular weight is 422 g/mol. The molecule has 6 nitrogen and oxygen atoms in total. The summed E-state index contributed by atoms with van der Waals surface area (Å²) in [6, 6.07) is 17.9. The molecule has 30 heavy (non-hydrogen) atoms. The number of aromatic amines is 1. The molecule has 0 bridgehead atoms. The maximum absolute atomic E-state index is 13.5. The van der Waals surface area contributed by atoms with Crippen molar-refractivity contribution in [3.63, 3.8) is 0 Å². The van der Waals surface area contributed by atoms with E-state index in [4.69, 9.17) is 12.2 Å². The number of nitrogens with one attached hydrogen (secondary N) is 1. The molecule has 1 unspecified atom stereocenters. The molecular weight excluding hydrogens is 394 g/mol. The minimum atomic E-state index is 0.0651. The number of para-hydroxylation sites is 2. The molecule has 0 aliphatic carbocycles. The molecule has 0 radical (unpaired) electrons. The summed E-state index contributed by atoms with van der Waals surface area (Å²) >= 11 is 5.35. The molecule has 1 aliphatic rings. The highest BCUT2D eigenvalue weighted by molar-refractivity contribution is 7.71. The topological polar surface area (TPSA) is 57.2 Å². The number of hydrogen-bond donors (Lipinski definition) is 1. The summed E-state index contributed by atoms with van der Waals surface area (Å²) in [4.78, 5) is 17.6. The summed E-state index contributed by atoms with van der Waals surface area (Å²) in [6.07, 6.45) is 1.96. The molecule has 1 N–H and O–H groups in total. The highest BCUT2D eigenvalue weighted by Crippen LogP contribution is 2.31. The van der Waals surface area contributed by atoms with Crippen molar-refractivity contribution in [1.29, 1.82) is 0 Å². The van der Waals surface area contributed by atoms with E-state index < -0.39 is 0 Å². The second-order valence-corrected chi connectivity index (χ2v) is 8.02. The van der Waals surface area contributed by atoms with Gasteiger partial charge >= 0.3 is 0 Å². The molecule has 1 atom stereocenters. The van der Waals surface area contributed by atoms with Crippen LogP contribution in [0.4, 0.5) is 11.4 Å².